The molecule has 0 fully saturated rings. The van der Waals surface area contributed by atoms with Crippen molar-refractivity contribution in [2.24, 2.45) is 0 Å². The van der Waals surface area contributed by atoms with Gasteiger partial charge >= 0.3 is 0 Å². The number of thioether (sulfide) groups is 1. The zero-order valence-corrected chi connectivity index (χ0v) is 13.0. The van der Waals surface area contributed by atoms with Gasteiger partial charge < -0.3 is 4.98 Å². The van der Waals surface area contributed by atoms with Gasteiger partial charge in [-0.25, -0.2) is 9.97 Å². The van der Waals surface area contributed by atoms with Crippen molar-refractivity contribution in [1.82, 2.24) is 15.0 Å². The Balaban J connectivity index is 1.81. The van der Waals surface area contributed by atoms with E-state index in [4.69, 9.17) is 23.2 Å². The number of fused-ring (bicyclic) bond motifs is 1. The maximum absolute atomic E-state index is 6.10. The molecule has 0 aliphatic rings. The van der Waals surface area contributed by atoms with Crippen LogP contribution in [0.3, 0.4) is 0 Å². The molecule has 6 heteroatoms. The van der Waals surface area contributed by atoms with Crippen LogP contribution in [0.4, 0.5) is 0 Å². The van der Waals surface area contributed by atoms with E-state index in [-0.39, 0.29) is 0 Å². The molecule has 0 radical (unpaired) electrons. The standard InChI is InChI=1S/C14H11Cl2N3S/c1-8-2-4-10-11(6-8)19-14(18-10)20-7-12-9(15)3-5-13(16)17-12/h2-6H,7H2,1H3,(H,18,19). The van der Waals surface area contributed by atoms with Gasteiger partial charge in [-0.05, 0) is 36.8 Å². The number of rotatable bonds is 3. The first kappa shape index (κ1) is 13.7. The highest BCUT2D eigenvalue weighted by molar-refractivity contribution is 7.98. The third-order valence-corrected chi connectivity index (χ3v) is 4.29. The summed E-state index contributed by atoms with van der Waals surface area (Å²) in [4.78, 5) is 12.0. The van der Waals surface area contributed by atoms with Gasteiger partial charge in [-0.2, -0.15) is 0 Å². The Labute approximate surface area is 130 Å². The monoisotopic (exact) mass is 323 g/mol. The normalized spacial score (nSPS) is 11.2. The summed E-state index contributed by atoms with van der Waals surface area (Å²) in [5.41, 5.74) is 3.97. The second-order valence-electron chi connectivity index (χ2n) is 4.41. The summed E-state index contributed by atoms with van der Waals surface area (Å²) in [5, 5.41) is 1.92. The van der Waals surface area contributed by atoms with E-state index in [1.54, 1.807) is 23.9 Å². The van der Waals surface area contributed by atoms with E-state index in [2.05, 4.69) is 27.9 Å². The molecule has 3 aromatic rings. The summed E-state index contributed by atoms with van der Waals surface area (Å²) in [6.45, 7) is 2.06. The molecule has 20 heavy (non-hydrogen) atoms. The Morgan fingerprint density at radius 2 is 2.00 bits per heavy atom. The Morgan fingerprint density at radius 3 is 2.85 bits per heavy atom. The second-order valence-corrected chi connectivity index (χ2v) is 6.17. The molecule has 1 N–H and O–H groups in total. The third-order valence-electron chi connectivity index (χ3n) is 2.85. The molecule has 2 heterocycles. The lowest BCUT2D eigenvalue weighted by atomic mass is 10.2. The van der Waals surface area contributed by atoms with Crippen molar-refractivity contribution in [3.8, 4) is 0 Å². The van der Waals surface area contributed by atoms with Gasteiger partial charge in [-0.1, -0.05) is 41.0 Å². The number of nitrogens with one attached hydrogen (secondary N) is 1. The van der Waals surface area contributed by atoms with Crippen molar-refractivity contribution in [1.29, 1.82) is 0 Å². The number of halogens is 2. The highest BCUT2D eigenvalue weighted by Crippen LogP contribution is 2.26. The van der Waals surface area contributed by atoms with Crippen LogP contribution in [0.5, 0.6) is 0 Å². The Hall–Kier alpha value is -1.23. The van der Waals surface area contributed by atoms with E-state index in [1.807, 2.05) is 12.1 Å². The summed E-state index contributed by atoms with van der Waals surface area (Å²) in [5.74, 6) is 0.623. The Morgan fingerprint density at radius 1 is 1.15 bits per heavy atom. The zero-order chi connectivity index (χ0) is 14.1. The quantitative estimate of drug-likeness (QED) is 0.552. The molecule has 3 nitrogen and oxygen atoms in total. The van der Waals surface area contributed by atoms with Crippen LogP contribution in [0.15, 0.2) is 35.5 Å². The van der Waals surface area contributed by atoms with Crippen molar-refractivity contribution in [2.75, 3.05) is 0 Å². The first-order valence-corrected chi connectivity index (χ1v) is 7.76. The van der Waals surface area contributed by atoms with Crippen LogP contribution in [0.1, 0.15) is 11.3 Å². The van der Waals surface area contributed by atoms with Gasteiger partial charge in [0.05, 0.1) is 21.7 Å². The van der Waals surface area contributed by atoms with Crippen LogP contribution >= 0.6 is 35.0 Å². The molecular formula is C14H11Cl2N3S. The number of pyridine rings is 1. The van der Waals surface area contributed by atoms with Crippen molar-refractivity contribution >= 4 is 46.0 Å². The van der Waals surface area contributed by atoms with Crippen LogP contribution < -0.4 is 0 Å². The van der Waals surface area contributed by atoms with E-state index in [0.717, 1.165) is 21.9 Å². The maximum atomic E-state index is 6.10. The number of nitrogens with zero attached hydrogens (tertiary/aromatic N) is 2. The van der Waals surface area contributed by atoms with E-state index in [9.17, 15) is 0 Å². The molecule has 0 aliphatic heterocycles. The van der Waals surface area contributed by atoms with Gasteiger partial charge in [0.15, 0.2) is 5.16 Å². The number of aromatic amines is 1. The third kappa shape index (κ3) is 2.92. The van der Waals surface area contributed by atoms with Crippen molar-refractivity contribution in [3.63, 3.8) is 0 Å². The summed E-state index contributed by atoms with van der Waals surface area (Å²) in [7, 11) is 0. The molecule has 0 unspecified atom stereocenters. The van der Waals surface area contributed by atoms with Crippen LogP contribution in [-0.4, -0.2) is 15.0 Å². The van der Waals surface area contributed by atoms with E-state index >= 15 is 0 Å². The zero-order valence-electron chi connectivity index (χ0n) is 10.7. The highest BCUT2D eigenvalue weighted by atomic mass is 35.5. The van der Waals surface area contributed by atoms with Gasteiger partial charge in [0, 0.05) is 5.75 Å². The van der Waals surface area contributed by atoms with Crippen molar-refractivity contribution < 1.29 is 0 Å². The Bertz CT molecular complexity index is 770. The number of H-pyrrole nitrogens is 1. The van der Waals surface area contributed by atoms with E-state index < -0.39 is 0 Å². The predicted molar refractivity (Wildman–Crippen MR) is 84.6 cm³/mol. The number of hydrogen-bond acceptors (Lipinski definition) is 3. The Kier molecular flexibility index (Phi) is 3.87. The molecule has 2 aromatic heterocycles. The lowest BCUT2D eigenvalue weighted by Crippen LogP contribution is -1.89. The number of imidazole rings is 1. The van der Waals surface area contributed by atoms with Gasteiger partial charge in [-0.15, -0.1) is 0 Å². The topological polar surface area (TPSA) is 41.6 Å². The molecular weight excluding hydrogens is 313 g/mol. The van der Waals surface area contributed by atoms with Gasteiger partial charge in [0.2, 0.25) is 0 Å². The van der Waals surface area contributed by atoms with E-state index in [0.29, 0.717) is 15.9 Å². The maximum Gasteiger partial charge on any atom is 0.166 e. The number of aromatic nitrogens is 3. The molecule has 0 spiro atoms. The molecule has 3 rings (SSSR count). The SMILES string of the molecule is Cc1ccc2nc(SCc3nc(Cl)ccc3Cl)[nH]c2c1. The number of hydrogen-bond donors (Lipinski definition) is 1. The fourth-order valence-electron chi connectivity index (χ4n) is 1.86. The van der Waals surface area contributed by atoms with Crippen LogP contribution in [0, 0.1) is 6.92 Å². The summed E-state index contributed by atoms with van der Waals surface area (Å²) >= 11 is 13.5. The minimum absolute atomic E-state index is 0.449. The minimum Gasteiger partial charge on any atom is -0.333 e. The van der Waals surface area contributed by atoms with Gasteiger partial charge in [0.1, 0.15) is 5.15 Å². The van der Waals surface area contributed by atoms with Crippen LogP contribution in [-0.2, 0) is 5.75 Å². The van der Waals surface area contributed by atoms with Crippen LogP contribution in [0.2, 0.25) is 10.2 Å². The lowest BCUT2D eigenvalue weighted by molar-refractivity contribution is 1.07. The molecule has 102 valence electrons. The summed E-state index contributed by atoms with van der Waals surface area (Å²) < 4.78 is 0. The van der Waals surface area contributed by atoms with Crippen molar-refractivity contribution in [2.45, 2.75) is 17.8 Å². The number of aryl methyl sites for hydroxylation is 1. The molecule has 0 aliphatic carbocycles. The van der Waals surface area contributed by atoms with Crippen LogP contribution in [0.25, 0.3) is 11.0 Å². The molecule has 0 bridgehead atoms. The summed E-state index contributed by atoms with van der Waals surface area (Å²) in [6.07, 6.45) is 0. The molecule has 0 amide bonds. The molecule has 0 saturated heterocycles. The second kappa shape index (κ2) is 5.64. The van der Waals surface area contributed by atoms with Gasteiger partial charge in [0.25, 0.3) is 0 Å². The summed E-state index contributed by atoms with van der Waals surface area (Å²) in [6, 6.07) is 9.58. The first-order chi connectivity index (χ1) is 9.61. The number of benzene rings is 1. The van der Waals surface area contributed by atoms with E-state index in [1.165, 1.54) is 5.56 Å². The van der Waals surface area contributed by atoms with Gasteiger partial charge in [-0.3, -0.25) is 0 Å². The largest absolute Gasteiger partial charge is 0.333 e. The fourth-order valence-corrected chi connectivity index (χ4v) is 3.12. The molecule has 0 saturated carbocycles. The predicted octanol–water partition coefficient (Wildman–Crippen LogP) is 4.87. The average molecular weight is 324 g/mol. The highest BCUT2D eigenvalue weighted by Gasteiger charge is 2.07. The lowest BCUT2D eigenvalue weighted by Gasteiger charge is -2.01. The average Bonchev–Trinajstić information content (AvgIpc) is 2.81. The first-order valence-electron chi connectivity index (χ1n) is 6.02. The molecule has 0 atom stereocenters. The molecule has 1 aromatic carbocycles. The minimum atomic E-state index is 0.449. The van der Waals surface area contributed by atoms with Crippen molar-refractivity contribution in [3.05, 3.63) is 51.8 Å². The fraction of sp³-hybridized carbons (Fsp3) is 0.143. The smallest absolute Gasteiger partial charge is 0.166 e.